The number of ether oxygens (including phenoxy) is 1. The summed E-state index contributed by atoms with van der Waals surface area (Å²) in [4.78, 5) is 6.55. The number of aromatic nitrogens is 1. The lowest BCUT2D eigenvalue weighted by Gasteiger charge is -2.47. The first-order valence-electron chi connectivity index (χ1n) is 7.28. The number of rotatable bonds is 1. The Morgan fingerprint density at radius 1 is 1.40 bits per heavy atom. The van der Waals surface area contributed by atoms with E-state index in [0.29, 0.717) is 18.2 Å². The fourth-order valence-corrected chi connectivity index (χ4v) is 3.29. The van der Waals surface area contributed by atoms with Gasteiger partial charge in [-0.05, 0) is 6.92 Å². The Hall–Kier alpha value is -1.49. The van der Waals surface area contributed by atoms with Crippen molar-refractivity contribution in [3.8, 4) is 5.88 Å². The monoisotopic (exact) mass is 277 g/mol. The van der Waals surface area contributed by atoms with Crippen molar-refractivity contribution < 1.29 is 9.84 Å². The third-order valence-electron chi connectivity index (χ3n) is 5.03. The highest BCUT2D eigenvalue weighted by Gasteiger charge is 2.41. The molecule has 0 aliphatic carbocycles. The van der Waals surface area contributed by atoms with Crippen molar-refractivity contribution >= 4 is 11.4 Å². The molecule has 3 heterocycles. The first kappa shape index (κ1) is 13.5. The molecular weight excluding hydrogens is 254 g/mol. The molecule has 3 N–H and O–H groups in total. The van der Waals surface area contributed by atoms with E-state index < -0.39 is 5.60 Å². The lowest BCUT2D eigenvalue weighted by Crippen LogP contribution is -2.55. The molecule has 1 fully saturated rings. The van der Waals surface area contributed by atoms with Crippen molar-refractivity contribution in [2.24, 2.45) is 11.8 Å². The summed E-state index contributed by atoms with van der Waals surface area (Å²) < 4.78 is 5.54. The van der Waals surface area contributed by atoms with Gasteiger partial charge in [0.2, 0.25) is 5.88 Å². The molecule has 3 atom stereocenters. The van der Waals surface area contributed by atoms with Crippen LogP contribution in [0.2, 0.25) is 0 Å². The van der Waals surface area contributed by atoms with Gasteiger partial charge in [0.15, 0.2) is 0 Å². The number of nitrogens with two attached hydrogens (primary N) is 1. The molecule has 2 aliphatic heterocycles. The average molecular weight is 277 g/mol. The van der Waals surface area contributed by atoms with Crippen molar-refractivity contribution in [1.82, 2.24) is 4.98 Å². The molecule has 0 spiro atoms. The van der Waals surface area contributed by atoms with Gasteiger partial charge in [0, 0.05) is 36.9 Å². The van der Waals surface area contributed by atoms with Crippen LogP contribution in [0.25, 0.3) is 0 Å². The molecule has 0 saturated carbocycles. The van der Waals surface area contributed by atoms with E-state index in [4.69, 9.17) is 10.5 Å². The Labute approximate surface area is 119 Å². The summed E-state index contributed by atoms with van der Waals surface area (Å²) in [6, 6.07) is 0. The van der Waals surface area contributed by atoms with Gasteiger partial charge in [0.25, 0.3) is 0 Å². The Morgan fingerprint density at radius 3 is 2.70 bits per heavy atom. The maximum Gasteiger partial charge on any atom is 0.218 e. The average Bonchev–Trinajstić information content (AvgIpc) is 2.84. The van der Waals surface area contributed by atoms with E-state index in [1.165, 1.54) is 0 Å². The molecule has 20 heavy (non-hydrogen) atoms. The summed E-state index contributed by atoms with van der Waals surface area (Å²) in [7, 11) is 0. The third-order valence-corrected chi connectivity index (χ3v) is 5.03. The van der Waals surface area contributed by atoms with Crippen molar-refractivity contribution in [2.45, 2.75) is 32.8 Å². The standard InChI is InChI=1S/C15H23N3O2/c1-9-7-18(8-10(2)15(9,3)19)13-11-4-5-20-14(11)17-6-12(13)16/h6,9-10,19H,4-5,7-8,16H2,1-3H3/t9-,10+,15?. The minimum absolute atomic E-state index is 0.191. The molecule has 1 saturated heterocycles. The molecule has 110 valence electrons. The van der Waals surface area contributed by atoms with E-state index in [9.17, 15) is 5.11 Å². The molecule has 1 unspecified atom stereocenters. The number of hydrogen-bond donors (Lipinski definition) is 2. The minimum Gasteiger partial charge on any atom is -0.477 e. The third kappa shape index (κ3) is 1.92. The second kappa shape index (κ2) is 4.52. The normalized spacial score (nSPS) is 32.9. The molecule has 2 aliphatic rings. The van der Waals surface area contributed by atoms with Crippen molar-refractivity contribution in [3.63, 3.8) is 0 Å². The highest BCUT2D eigenvalue weighted by atomic mass is 16.5. The molecular formula is C15H23N3O2. The second-order valence-corrected chi connectivity index (χ2v) is 6.38. The lowest BCUT2D eigenvalue weighted by atomic mass is 9.76. The van der Waals surface area contributed by atoms with E-state index in [-0.39, 0.29) is 11.8 Å². The number of anilines is 2. The zero-order valence-electron chi connectivity index (χ0n) is 12.4. The maximum atomic E-state index is 10.5. The number of nitrogens with zero attached hydrogens (tertiary/aromatic N) is 2. The smallest absolute Gasteiger partial charge is 0.218 e. The number of fused-ring (bicyclic) bond motifs is 1. The fourth-order valence-electron chi connectivity index (χ4n) is 3.29. The number of aliphatic hydroxyl groups is 1. The SMILES string of the molecule is C[C@@H]1CN(c2c(N)cnc3c2CCO3)C[C@H](C)C1(C)O. The van der Waals surface area contributed by atoms with Crippen LogP contribution >= 0.6 is 0 Å². The van der Waals surface area contributed by atoms with Gasteiger partial charge < -0.3 is 20.5 Å². The van der Waals surface area contributed by atoms with Crippen molar-refractivity contribution in [3.05, 3.63) is 11.8 Å². The molecule has 5 nitrogen and oxygen atoms in total. The molecule has 3 rings (SSSR count). The molecule has 0 radical (unpaired) electrons. The summed E-state index contributed by atoms with van der Waals surface area (Å²) >= 11 is 0. The van der Waals surface area contributed by atoms with Gasteiger partial charge in [0.05, 0.1) is 29.8 Å². The quantitative estimate of drug-likeness (QED) is 0.813. The molecule has 1 aromatic heterocycles. The predicted molar refractivity (Wildman–Crippen MR) is 79.0 cm³/mol. The molecule has 0 bridgehead atoms. The van der Waals surface area contributed by atoms with Crippen LogP contribution in [0.3, 0.4) is 0 Å². The predicted octanol–water partition coefficient (Wildman–Crippen LogP) is 1.44. The van der Waals surface area contributed by atoms with E-state index in [2.05, 4.69) is 23.7 Å². The van der Waals surface area contributed by atoms with Gasteiger partial charge in [-0.25, -0.2) is 4.98 Å². The minimum atomic E-state index is -0.627. The molecule has 5 heteroatoms. The van der Waals surface area contributed by atoms with Crippen LogP contribution in [0.5, 0.6) is 5.88 Å². The topological polar surface area (TPSA) is 71.6 Å². The first-order valence-corrected chi connectivity index (χ1v) is 7.28. The Morgan fingerprint density at radius 2 is 2.05 bits per heavy atom. The highest BCUT2D eigenvalue weighted by molar-refractivity contribution is 5.73. The summed E-state index contributed by atoms with van der Waals surface area (Å²) in [6.07, 6.45) is 2.54. The second-order valence-electron chi connectivity index (χ2n) is 6.38. The van der Waals surface area contributed by atoms with E-state index in [1.807, 2.05) is 6.92 Å². The van der Waals surface area contributed by atoms with E-state index in [0.717, 1.165) is 30.8 Å². The van der Waals surface area contributed by atoms with E-state index >= 15 is 0 Å². The summed E-state index contributed by atoms with van der Waals surface area (Å²) in [5.41, 5.74) is 8.41. The molecule has 0 aromatic carbocycles. The zero-order valence-corrected chi connectivity index (χ0v) is 12.4. The fraction of sp³-hybridized carbons (Fsp3) is 0.667. The van der Waals surface area contributed by atoms with E-state index in [1.54, 1.807) is 6.20 Å². The van der Waals surface area contributed by atoms with Crippen LogP contribution in [0, 0.1) is 11.8 Å². The van der Waals surface area contributed by atoms with Gasteiger partial charge in [-0.2, -0.15) is 0 Å². The zero-order chi connectivity index (χ0) is 14.5. The Kier molecular flexibility index (Phi) is 3.05. The first-order chi connectivity index (χ1) is 9.41. The van der Waals surface area contributed by atoms with Gasteiger partial charge in [0.1, 0.15) is 0 Å². The number of nitrogen functional groups attached to an aromatic ring is 1. The van der Waals surface area contributed by atoms with Gasteiger partial charge in [-0.1, -0.05) is 13.8 Å². The largest absolute Gasteiger partial charge is 0.477 e. The van der Waals surface area contributed by atoms with Crippen LogP contribution in [0.4, 0.5) is 11.4 Å². The number of hydrogen-bond acceptors (Lipinski definition) is 5. The van der Waals surface area contributed by atoms with Crippen LogP contribution in [-0.4, -0.2) is 35.4 Å². The number of pyridine rings is 1. The highest BCUT2D eigenvalue weighted by Crippen LogP contribution is 2.41. The van der Waals surface area contributed by atoms with Crippen molar-refractivity contribution in [2.75, 3.05) is 30.3 Å². The Balaban J connectivity index is 1.97. The van der Waals surface area contributed by atoms with Crippen LogP contribution in [-0.2, 0) is 6.42 Å². The van der Waals surface area contributed by atoms with Crippen LogP contribution in [0.1, 0.15) is 26.3 Å². The summed E-state index contributed by atoms with van der Waals surface area (Å²) in [5.74, 6) is 1.10. The Bertz CT molecular complexity index is 516. The van der Waals surface area contributed by atoms with Crippen LogP contribution < -0.4 is 15.4 Å². The maximum absolute atomic E-state index is 10.5. The summed E-state index contributed by atoms with van der Waals surface area (Å²) in [6.45, 7) is 8.40. The van der Waals surface area contributed by atoms with Gasteiger partial charge in [-0.15, -0.1) is 0 Å². The number of piperidine rings is 1. The lowest BCUT2D eigenvalue weighted by molar-refractivity contribution is -0.0503. The van der Waals surface area contributed by atoms with Crippen molar-refractivity contribution in [1.29, 1.82) is 0 Å². The molecule has 1 aromatic rings. The van der Waals surface area contributed by atoms with Crippen LogP contribution in [0.15, 0.2) is 6.20 Å². The van der Waals surface area contributed by atoms with Gasteiger partial charge >= 0.3 is 0 Å². The summed E-state index contributed by atoms with van der Waals surface area (Å²) in [5, 5.41) is 10.5. The molecule has 0 amide bonds. The van der Waals surface area contributed by atoms with Gasteiger partial charge in [-0.3, -0.25) is 0 Å².